The Bertz CT molecular complexity index is 699. The van der Waals surface area contributed by atoms with Crippen LogP contribution in [-0.2, 0) is 33.3 Å². The number of hydrogen-bond donors (Lipinski definition) is 1. The Morgan fingerprint density at radius 2 is 1.45 bits per heavy atom. The molecule has 0 aliphatic carbocycles. The first-order valence-electron chi connectivity index (χ1n) is 11.1. The van der Waals surface area contributed by atoms with Gasteiger partial charge in [0, 0.05) is 17.6 Å². The zero-order valence-corrected chi connectivity index (χ0v) is 20.6. The van der Waals surface area contributed by atoms with Gasteiger partial charge in [-0.2, -0.15) is 0 Å². The van der Waals surface area contributed by atoms with E-state index in [0.717, 1.165) is 6.42 Å². The van der Waals surface area contributed by atoms with Crippen molar-refractivity contribution in [2.24, 2.45) is 11.3 Å². The fourth-order valence-corrected chi connectivity index (χ4v) is 2.79. The number of amides is 1. The first-order chi connectivity index (χ1) is 15.3. The van der Waals surface area contributed by atoms with Gasteiger partial charge in [0.2, 0.25) is 0 Å². The Balaban J connectivity index is 3.96. The molecule has 0 aromatic heterocycles. The minimum Gasteiger partial charge on any atom is -0.466 e. The summed E-state index contributed by atoms with van der Waals surface area (Å²) in [6.45, 7) is 16.9. The van der Waals surface area contributed by atoms with Crippen molar-refractivity contribution in [3.63, 3.8) is 0 Å². The van der Waals surface area contributed by atoms with Crippen LogP contribution in [0.4, 0.5) is 4.79 Å². The van der Waals surface area contributed by atoms with Crippen LogP contribution in [0.1, 0.15) is 60.3 Å². The van der Waals surface area contributed by atoms with Gasteiger partial charge in [-0.05, 0) is 44.4 Å². The van der Waals surface area contributed by atoms with Crippen LogP contribution in [0.2, 0.25) is 0 Å². The molecule has 0 spiro atoms. The summed E-state index contributed by atoms with van der Waals surface area (Å²) >= 11 is 0. The summed E-state index contributed by atoms with van der Waals surface area (Å²) in [5.41, 5.74) is 0.354. The van der Waals surface area contributed by atoms with E-state index in [-0.39, 0.29) is 50.1 Å². The van der Waals surface area contributed by atoms with E-state index in [1.54, 1.807) is 13.8 Å². The van der Waals surface area contributed by atoms with Crippen LogP contribution in [-0.4, -0.2) is 57.0 Å². The monoisotopic (exact) mass is 469 g/mol. The van der Waals surface area contributed by atoms with Gasteiger partial charge in [0.25, 0.3) is 0 Å². The second kappa shape index (κ2) is 15.9. The molecule has 0 fully saturated rings. The number of hydrogen-bond acceptors (Lipinski definition) is 8. The van der Waals surface area contributed by atoms with E-state index in [1.165, 1.54) is 0 Å². The highest BCUT2D eigenvalue weighted by Gasteiger charge is 2.23. The van der Waals surface area contributed by atoms with Crippen molar-refractivity contribution < 1.29 is 38.1 Å². The molecule has 0 rings (SSSR count). The lowest BCUT2D eigenvalue weighted by atomic mass is 9.83. The number of carbonyl (C=O) groups excluding carboxylic acids is 4. The van der Waals surface area contributed by atoms with Gasteiger partial charge in [-0.15, -0.1) is 0 Å². The molecular weight excluding hydrogens is 430 g/mol. The maximum Gasteiger partial charge on any atom is 0.407 e. The third kappa shape index (κ3) is 16.5. The lowest BCUT2D eigenvalue weighted by molar-refractivity contribution is -0.146. The molecule has 0 saturated heterocycles. The van der Waals surface area contributed by atoms with Crippen molar-refractivity contribution >= 4 is 24.0 Å². The molecule has 188 valence electrons. The summed E-state index contributed by atoms with van der Waals surface area (Å²) in [7, 11) is 0. The number of alkyl carbamates (subject to hydrolysis) is 1. The van der Waals surface area contributed by atoms with Crippen molar-refractivity contribution in [2.75, 3.05) is 33.0 Å². The maximum atomic E-state index is 11.8. The van der Waals surface area contributed by atoms with E-state index < -0.39 is 18.0 Å². The largest absolute Gasteiger partial charge is 0.466 e. The number of ether oxygens (including phenoxy) is 4. The van der Waals surface area contributed by atoms with E-state index in [9.17, 15) is 19.2 Å². The topological polar surface area (TPSA) is 117 Å². The Kier molecular flexibility index (Phi) is 14.5. The molecule has 1 amide bonds. The standard InChI is InChI=1S/C24H39NO8/c1-17(2)21(27)31-12-8-9-20(26)30-13-10-19(5)15-24(6,7)16-33-23(29)25-11-14-32-22(28)18(3)4/h19H,1,3,8-16H2,2,4-7H3,(H,25,29). The number of carbonyl (C=O) groups is 4. The number of esters is 3. The summed E-state index contributed by atoms with van der Waals surface area (Å²) < 4.78 is 20.3. The van der Waals surface area contributed by atoms with Gasteiger partial charge in [0.1, 0.15) is 6.61 Å². The van der Waals surface area contributed by atoms with Gasteiger partial charge in [-0.3, -0.25) is 4.79 Å². The molecule has 0 radical (unpaired) electrons. The molecule has 9 heteroatoms. The zero-order chi connectivity index (χ0) is 25.4. The van der Waals surface area contributed by atoms with Crippen LogP contribution in [0.5, 0.6) is 0 Å². The minimum atomic E-state index is -0.579. The average molecular weight is 470 g/mol. The van der Waals surface area contributed by atoms with Crippen LogP contribution in [0.25, 0.3) is 0 Å². The van der Waals surface area contributed by atoms with Crippen molar-refractivity contribution in [1.82, 2.24) is 5.32 Å². The van der Waals surface area contributed by atoms with Crippen LogP contribution in [0.3, 0.4) is 0 Å². The van der Waals surface area contributed by atoms with Gasteiger partial charge in [-0.25, -0.2) is 14.4 Å². The molecule has 1 N–H and O–H groups in total. The van der Waals surface area contributed by atoms with E-state index in [0.29, 0.717) is 30.6 Å². The van der Waals surface area contributed by atoms with Crippen LogP contribution in [0, 0.1) is 11.3 Å². The summed E-state index contributed by atoms with van der Waals surface area (Å²) in [6, 6.07) is 0. The van der Waals surface area contributed by atoms with E-state index in [4.69, 9.17) is 18.9 Å². The molecule has 0 aromatic carbocycles. The Morgan fingerprint density at radius 1 is 0.879 bits per heavy atom. The second-order valence-electron chi connectivity index (χ2n) is 8.92. The Hall–Kier alpha value is -2.84. The molecule has 0 aliphatic heterocycles. The number of rotatable bonds is 16. The summed E-state index contributed by atoms with van der Waals surface area (Å²) in [4.78, 5) is 46.1. The van der Waals surface area contributed by atoms with Crippen molar-refractivity contribution in [1.29, 1.82) is 0 Å². The molecular formula is C24H39NO8. The number of nitrogens with one attached hydrogen (secondary N) is 1. The Morgan fingerprint density at radius 3 is 2.03 bits per heavy atom. The van der Waals surface area contributed by atoms with E-state index in [1.807, 2.05) is 20.8 Å². The average Bonchev–Trinajstić information content (AvgIpc) is 2.71. The lowest BCUT2D eigenvalue weighted by Gasteiger charge is -2.27. The smallest absolute Gasteiger partial charge is 0.407 e. The first kappa shape index (κ1) is 30.2. The summed E-state index contributed by atoms with van der Waals surface area (Å²) in [5.74, 6) is -1.06. The molecule has 0 heterocycles. The molecule has 0 saturated carbocycles. The highest BCUT2D eigenvalue weighted by molar-refractivity contribution is 5.87. The highest BCUT2D eigenvalue weighted by atomic mass is 16.6. The molecule has 0 aromatic rings. The minimum absolute atomic E-state index is 0.0413. The van der Waals surface area contributed by atoms with Gasteiger partial charge in [-0.1, -0.05) is 33.9 Å². The van der Waals surface area contributed by atoms with Crippen molar-refractivity contribution in [3.05, 3.63) is 24.3 Å². The predicted octanol–water partition coefficient (Wildman–Crippen LogP) is 3.72. The molecule has 33 heavy (non-hydrogen) atoms. The summed E-state index contributed by atoms with van der Waals surface area (Å²) in [5, 5.41) is 2.52. The van der Waals surface area contributed by atoms with Crippen molar-refractivity contribution in [3.8, 4) is 0 Å². The normalized spacial score (nSPS) is 11.7. The lowest BCUT2D eigenvalue weighted by Crippen LogP contribution is -2.32. The fraction of sp³-hybridized carbons (Fsp3) is 0.667. The predicted molar refractivity (Wildman–Crippen MR) is 123 cm³/mol. The SMILES string of the molecule is C=C(C)C(=O)OCCCC(=O)OCCC(C)CC(C)(C)COC(=O)NCCOC(=O)C(=C)C. The fourth-order valence-electron chi connectivity index (χ4n) is 2.79. The third-order valence-electron chi connectivity index (χ3n) is 4.43. The third-order valence-corrected chi connectivity index (χ3v) is 4.43. The summed E-state index contributed by atoms with van der Waals surface area (Å²) in [6.07, 6.45) is 1.45. The van der Waals surface area contributed by atoms with Gasteiger partial charge in [0.15, 0.2) is 0 Å². The quantitative estimate of drug-likeness (QED) is 0.157. The maximum absolute atomic E-state index is 11.8. The van der Waals surface area contributed by atoms with Crippen LogP contribution < -0.4 is 5.32 Å². The Labute approximate surface area is 196 Å². The van der Waals surface area contributed by atoms with Crippen LogP contribution in [0.15, 0.2) is 24.3 Å². The molecule has 0 bridgehead atoms. The van der Waals surface area contributed by atoms with Gasteiger partial charge in [0.05, 0.1) is 26.4 Å². The van der Waals surface area contributed by atoms with E-state index in [2.05, 4.69) is 18.5 Å². The van der Waals surface area contributed by atoms with E-state index >= 15 is 0 Å². The zero-order valence-electron chi connectivity index (χ0n) is 20.6. The first-order valence-corrected chi connectivity index (χ1v) is 11.1. The van der Waals surface area contributed by atoms with Crippen molar-refractivity contribution in [2.45, 2.75) is 60.3 Å². The van der Waals surface area contributed by atoms with Crippen LogP contribution >= 0.6 is 0 Å². The molecule has 1 unspecified atom stereocenters. The van der Waals surface area contributed by atoms with Gasteiger partial charge >= 0.3 is 24.0 Å². The molecule has 0 aliphatic rings. The highest BCUT2D eigenvalue weighted by Crippen LogP contribution is 2.27. The second-order valence-corrected chi connectivity index (χ2v) is 8.92. The molecule has 9 nitrogen and oxygen atoms in total. The van der Waals surface area contributed by atoms with Gasteiger partial charge < -0.3 is 24.3 Å². The molecule has 1 atom stereocenters.